The highest BCUT2D eigenvalue weighted by Crippen LogP contribution is 2.13. The molecule has 30 heavy (non-hydrogen) atoms. The number of ether oxygens (including phenoxy) is 2. The second-order valence-electron chi connectivity index (χ2n) is 8.26. The molecule has 1 rings (SSSR count). The summed E-state index contributed by atoms with van der Waals surface area (Å²) < 4.78 is 10.9. The third-order valence-electron chi connectivity index (χ3n) is 5.34. The van der Waals surface area contributed by atoms with E-state index in [0.717, 1.165) is 38.5 Å². The van der Waals surface area contributed by atoms with E-state index >= 15 is 0 Å². The van der Waals surface area contributed by atoms with E-state index in [2.05, 4.69) is 13.8 Å². The van der Waals surface area contributed by atoms with Crippen molar-refractivity contribution in [2.24, 2.45) is 0 Å². The molecule has 1 aromatic rings. The summed E-state index contributed by atoms with van der Waals surface area (Å²) in [6, 6.07) is 6.63. The molecular weight excluding hydrogens is 376 g/mol. The first kappa shape index (κ1) is 26.2. The lowest BCUT2D eigenvalue weighted by molar-refractivity contribution is 0.0319. The molecule has 4 heteroatoms. The van der Waals surface area contributed by atoms with Gasteiger partial charge in [0.2, 0.25) is 0 Å². The number of esters is 2. The van der Waals surface area contributed by atoms with Gasteiger partial charge in [-0.2, -0.15) is 0 Å². The van der Waals surface area contributed by atoms with Crippen LogP contribution in [0, 0.1) is 0 Å². The van der Waals surface area contributed by atoms with Gasteiger partial charge in [-0.05, 0) is 44.4 Å². The number of unbranched alkanes of at least 4 members (excludes halogenated alkanes) is 10. The average molecular weight is 419 g/mol. The first-order valence-electron chi connectivity index (χ1n) is 12.1. The van der Waals surface area contributed by atoms with Crippen LogP contribution in [0.5, 0.6) is 0 Å². The molecule has 0 heterocycles. The van der Waals surface area contributed by atoms with Gasteiger partial charge in [0.25, 0.3) is 0 Å². The highest BCUT2D eigenvalue weighted by atomic mass is 16.5. The van der Waals surface area contributed by atoms with Gasteiger partial charge in [0.15, 0.2) is 0 Å². The molecule has 0 fully saturated rings. The van der Waals surface area contributed by atoms with Crippen LogP contribution >= 0.6 is 0 Å². The molecule has 0 spiro atoms. The molecule has 4 nitrogen and oxygen atoms in total. The SMILES string of the molecule is CCCCCCCCCCCOC(=O)c1cccc(C(=O)OC(C)CCCCC)c1. The van der Waals surface area contributed by atoms with Crippen molar-refractivity contribution in [3.05, 3.63) is 35.4 Å². The maximum atomic E-state index is 12.3. The van der Waals surface area contributed by atoms with Crippen molar-refractivity contribution in [3.8, 4) is 0 Å². The predicted octanol–water partition coefficient (Wildman–Crippen LogP) is 7.50. The van der Waals surface area contributed by atoms with Gasteiger partial charge in [-0.25, -0.2) is 9.59 Å². The standard InChI is InChI=1S/C26H42O4/c1-4-6-8-9-10-11-12-13-15-20-29-25(27)23-18-16-19-24(21-23)26(28)30-22(3)17-14-7-5-2/h16,18-19,21-22H,4-15,17,20H2,1-3H3. The average Bonchev–Trinajstić information content (AvgIpc) is 2.75. The molecule has 0 aliphatic heterocycles. The van der Waals surface area contributed by atoms with Crippen molar-refractivity contribution in [1.82, 2.24) is 0 Å². The minimum Gasteiger partial charge on any atom is -0.462 e. The molecule has 0 saturated heterocycles. The van der Waals surface area contributed by atoms with Crippen LogP contribution < -0.4 is 0 Å². The molecule has 1 aromatic carbocycles. The fraction of sp³-hybridized carbons (Fsp3) is 0.692. The van der Waals surface area contributed by atoms with E-state index in [4.69, 9.17) is 9.47 Å². The van der Waals surface area contributed by atoms with Gasteiger partial charge in [-0.3, -0.25) is 0 Å². The van der Waals surface area contributed by atoms with Crippen molar-refractivity contribution < 1.29 is 19.1 Å². The second kappa shape index (κ2) is 16.9. The molecule has 0 N–H and O–H groups in total. The van der Waals surface area contributed by atoms with E-state index < -0.39 is 0 Å². The van der Waals surface area contributed by atoms with E-state index in [1.54, 1.807) is 24.3 Å². The molecule has 1 atom stereocenters. The molecule has 0 aromatic heterocycles. The van der Waals surface area contributed by atoms with Gasteiger partial charge >= 0.3 is 11.9 Å². The molecule has 1 unspecified atom stereocenters. The Morgan fingerprint density at radius 1 is 0.767 bits per heavy atom. The third-order valence-corrected chi connectivity index (χ3v) is 5.34. The smallest absolute Gasteiger partial charge is 0.338 e. The number of hydrogen-bond donors (Lipinski definition) is 0. The number of benzene rings is 1. The third kappa shape index (κ3) is 12.0. The van der Waals surface area contributed by atoms with Crippen LogP contribution in [0.2, 0.25) is 0 Å². The zero-order chi connectivity index (χ0) is 22.0. The Kier molecular flexibility index (Phi) is 14.8. The van der Waals surface area contributed by atoms with E-state index in [9.17, 15) is 9.59 Å². The van der Waals surface area contributed by atoms with Crippen molar-refractivity contribution in [2.75, 3.05) is 6.61 Å². The van der Waals surface area contributed by atoms with Crippen LogP contribution in [0.25, 0.3) is 0 Å². The lowest BCUT2D eigenvalue weighted by Gasteiger charge is -2.13. The van der Waals surface area contributed by atoms with Crippen molar-refractivity contribution in [2.45, 2.75) is 110 Å². The fourth-order valence-corrected chi connectivity index (χ4v) is 3.43. The van der Waals surface area contributed by atoms with Crippen LogP contribution in [-0.4, -0.2) is 24.6 Å². The first-order chi connectivity index (χ1) is 14.6. The number of rotatable bonds is 17. The van der Waals surface area contributed by atoms with Gasteiger partial charge in [-0.1, -0.05) is 84.1 Å². The Morgan fingerprint density at radius 3 is 1.93 bits per heavy atom. The molecule has 0 aliphatic rings. The summed E-state index contributed by atoms with van der Waals surface area (Å²) >= 11 is 0. The summed E-state index contributed by atoms with van der Waals surface area (Å²) in [6.45, 7) is 6.73. The molecule has 0 radical (unpaired) electrons. The number of hydrogen-bond acceptors (Lipinski definition) is 4. The van der Waals surface area contributed by atoms with Gasteiger partial charge < -0.3 is 9.47 Å². The first-order valence-corrected chi connectivity index (χ1v) is 12.1. The van der Waals surface area contributed by atoms with Crippen LogP contribution in [0.4, 0.5) is 0 Å². The quantitative estimate of drug-likeness (QED) is 0.194. The lowest BCUT2D eigenvalue weighted by Crippen LogP contribution is -2.16. The van der Waals surface area contributed by atoms with Gasteiger partial charge in [0, 0.05) is 0 Å². The van der Waals surface area contributed by atoms with Crippen LogP contribution in [-0.2, 0) is 9.47 Å². The zero-order valence-corrected chi connectivity index (χ0v) is 19.4. The minimum atomic E-state index is -0.382. The van der Waals surface area contributed by atoms with Gasteiger partial charge in [-0.15, -0.1) is 0 Å². The van der Waals surface area contributed by atoms with Gasteiger partial charge in [0.05, 0.1) is 23.8 Å². The monoisotopic (exact) mass is 418 g/mol. The summed E-state index contributed by atoms with van der Waals surface area (Å²) in [5, 5.41) is 0. The van der Waals surface area contributed by atoms with Crippen molar-refractivity contribution >= 4 is 11.9 Å². The van der Waals surface area contributed by atoms with Crippen molar-refractivity contribution in [1.29, 1.82) is 0 Å². The predicted molar refractivity (Wildman–Crippen MR) is 123 cm³/mol. The highest BCUT2D eigenvalue weighted by molar-refractivity contribution is 5.95. The van der Waals surface area contributed by atoms with Crippen LogP contribution in [0.15, 0.2) is 24.3 Å². The molecule has 0 aliphatic carbocycles. The maximum absolute atomic E-state index is 12.3. The Labute approximate surface area is 183 Å². The normalized spacial score (nSPS) is 11.8. The Balaban J connectivity index is 2.27. The van der Waals surface area contributed by atoms with E-state index in [1.165, 1.54) is 44.9 Å². The fourth-order valence-electron chi connectivity index (χ4n) is 3.43. The summed E-state index contributed by atoms with van der Waals surface area (Å²) in [7, 11) is 0. The molecule has 0 bridgehead atoms. The lowest BCUT2D eigenvalue weighted by atomic mass is 10.1. The van der Waals surface area contributed by atoms with Crippen LogP contribution in [0.3, 0.4) is 0 Å². The summed E-state index contributed by atoms with van der Waals surface area (Å²) in [4.78, 5) is 24.6. The van der Waals surface area contributed by atoms with E-state index in [1.807, 2.05) is 6.92 Å². The van der Waals surface area contributed by atoms with E-state index in [-0.39, 0.29) is 18.0 Å². The maximum Gasteiger partial charge on any atom is 0.338 e. The van der Waals surface area contributed by atoms with E-state index in [0.29, 0.717) is 17.7 Å². The summed E-state index contributed by atoms with van der Waals surface area (Å²) in [5.74, 6) is -0.757. The Hall–Kier alpha value is -1.84. The summed E-state index contributed by atoms with van der Waals surface area (Å²) in [5.41, 5.74) is 0.800. The second-order valence-corrected chi connectivity index (χ2v) is 8.26. The molecular formula is C26H42O4. The number of carbonyl (C=O) groups excluding carboxylic acids is 2. The largest absolute Gasteiger partial charge is 0.462 e. The molecule has 0 saturated carbocycles. The Bertz CT molecular complexity index is 596. The molecule has 0 amide bonds. The Morgan fingerprint density at radius 2 is 1.30 bits per heavy atom. The topological polar surface area (TPSA) is 52.6 Å². The molecule has 170 valence electrons. The van der Waals surface area contributed by atoms with Crippen LogP contribution in [0.1, 0.15) is 125 Å². The van der Waals surface area contributed by atoms with Crippen molar-refractivity contribution in [3.63, 3.8) is 0 Å². The minimum absolute atomic E-state index is 0.119. The highest BCUT2D eigenvalue weighted by Gasteiger charge is 2.15. The zero-order valence-electron chi connectivity index (χ0n) is 19.4. The van der Waals surface area contributed by atoms with Gasteiger partial charge in [0.1, 0.15) is 0 Å². The summed E-state index contributed by atoms with van der Waals surface area (Å²) in [6.07, 6.45) is 15.1. The number of carbonyl (C=O) groups is 2.